The van der Waals surface area contributed by atoms with Gasteiger partial charge in [-0.05, 0) is 36.8 Å². The molecule has 1 fully saturated rings. The van der Waals surface area contributed by atoms with Gasteiger partial charge in [0.1, 0.15) is 4.88 Å². The van der Waals surface area contributed by atoms with Crippen LogP contribution in [0.1, 0.15) is 20.9 Å². The Morgan fingerprint density at radius 1 is 1.06 bits per heavy atom. The molecule has 0 atom stereocenters. The fourth-order valence-electron chi connectivity index (χ4n) is 4.04. The summed E-state index contributed by atoms with van der Waals surface area (Å²) in [5.74, 6) is 1.70. The topological polar surface area (TPSA) is 58.1 Å². The molecule has 1 aromatic heterocycles. The Balaban J connectivity index is 1.21. The Hall–Kier alpha value is -3.10. The molecule has 0 aliphatic carbocycles. The Morgan fingerprint density at radius 3 is 2.59 bits per heavy atom. The largest absolute Gasteiger partial charge is 0.454 e. The monoisotopic (exact) mass is 450 g/mol. The SMILES string of the molecule is Cc1nc(N(C)c2ccccc2)sc1C(=O)N1CCN(Cc2ccc3c(c2)OCO3)CC1. The van der Waals surface area contributed by atoms with Crippen LogP contribution in [0.5, 0.6) is 11.5 Å². The number of benzene rings is 2. The minimum absolute atomic E-state index is 0.0791. The molecule has 8 heteroatoms. The molecule has 2 aliphatic rings. The molecule has 32 heavy (non-hydrogen) atoms. The standard InChI is InChI=1S/C24H26N4O3S/c1-17-22(32-24(25-17)26(2)19-6-4-3-5-7-19)23(29)28-12-10-27(11-13-28)15-18-8-9-20-21(14-18)31-16-30-20/h3-9,14H,10-13,15-16H2,1-2H3. The van der Waals surface area contributed by atoms with Gasteiger partial charge in [0.05, 0.1) is 5.69 Å². The summed E-state index contributed by atoms with van der Waals surface area (Å²) in [6.07, 6.45) is 0. The summed E-state index contributed by atoms with van der Waals surface area (Å²) in [5.41, 5.74) is 3.04. The maximum Gasteiger partial charge on any atom is 0.266 e. The van der Waals surface area contributed by atoms with Gasteiger partial charge in [0.25, 0.3) is 5.91 Å². The van der Waals surface area contributed by atoms with Crippen LogP contribution in [0.4, 0.5) is 10.8 Å². The van der Waals surface area contributed by atoms with E-state index < -0.39 is 0 Å². The van der Waals surface area contributed by atoms with E-state index in [4.69, 9.17) is 9.47 Å². The van der Waals surface area contributed by atoms with Gasteiger partial charge < -0.3 is 19.3 Å². The van der Waals surface area contributed by atoms with Crippen LogP contribution in [-0.4, -0.2) is 60.7 Å². The van der Waals surface area contributed by atoms with Crippen molar-refractivity contribution in [2.24, 2.45) is 0 Å². The highest BCUT2D eigenvalue weighted by Gasteiger charge is 2.26. The second-order valence-electron chi connectivity index (χ2n) is 8.06. The van der Waals surface area contributed by atoms with Gasteiger partial charge in [-0.25, -0.2) is 4.98 Å². The molecule has 2 aromatic carbocycles. The van der Waals surface area contributed by atoms with E-state index >= 15 is 0 Å². The number of para-hydroxylation sites is 1. The Labute approximate surface area is 191 Å². The molecule has 1 amide bonds. The normalized spacial score (nSPS) is 15.8. The number of carbonyl (C=O) groups is 1. The van der Waals surface area contributed by atoms with E-state index in [1.54, 1.807) is 0 Å². The van der Waals surface area contributed by atoms with Crippen molar-refractivity contribution in [3.05, 3.63) is 64.7 Å². The van der Waals surface area contributed by atoms with Crippen molar-refractivity contribution in [2.75, 3.05) is 44.9 Å². The lowest BCUT2D eigenvalue weighted by Crippen LogP contribution is -2.48. The van der Waals surface area contributed by atoms with Crippen LogP contribution >= 0.6 is 11.3 Å². The number of ether oxygens (including phenoxy) is 2. The number of fused-ring (bicyclic) bond motifs is 1. The van der Waals surface area contributed by atoms with Crippen molar-refractivity contribution in [2.45, 2.75) is 13.5 Å². The number of hydrogen-bond acceptors (Lipinski definition) is 7. The van der Waals surface area contributed by atoms with E-state index in [1.807, 2.05) is 66.2 Å². The predicted octanol–water partition coefficient (Wildman–Crippen LogP) is 3.91. The molecular weight excluding hydrogens is 424 g/mol. The van der Waals surface area contributed by atoms with Gasteiger partial charge in [0, 0.05) is 45.5 Å². The molecule has 3 aromatic rings. The molecule has 3 heterocycles. The van der Waals surface area contributed by atoms with Crippen LogP contribution in [0.2, 0.25) is 0 Å². The lowest BCUT2D eigenvalue weighted by atomic mass is 10.1. The Morgan fingerprint density at radius 2 is 1.81 bits per heavy atom. The van der Waals surface area contributed by atoms with E-state index in [0.29, 0.717) is 19.9 Å². The zero-order valence-electron chi connectivity index (χ0n) is 18.3. The molecule has 2 aliphatic heterocycles. The number of anilines is 2. The van der Waals surface area contributed by atoms with Gasteiger partial charge in [-0.3, -0.25) is 9.69 Å². The molecule has 0 N–H and O–H groups in total. The highest BCUT2D eigenvalue weighted by molar-refractivity contribution is 7.17. The summed E-state index contributed by atoms with van der Waals surface area (Å²) in [6.45, 7) is 6.16. The van der Waals surface area contributed by atoms with Crippen molar-refractivity contribution in [1.29, 1.82) is 0 Å². The first-order chi connectivity index (χ1) is 15.6. The average Bonchev–Trinajstić information content (AvgIpc) is 3.45. The average molecular weight is 451 g/mol. The molecule has 0 saturated carbocycles. The van der Waals surface area contributed by atoms with Crippen molar-refractivity contribution < 1.29 is 14.3 Å². The fraction of sp³-hybridized carbons (Fsp3) is 0.333. The van der Waals surface area contributed by atoms with Gasteiger partial charge >= 0.3 is 0 Å². The number of nitrogens with zero attached hydrogens (tertiary/aromatic N) is 4. The van der Waals surface area contributed by atoms with E-state index in [9.17, 15) is 4.79 Å². The number of hydrogen-bond donors (Lipinski definition) is 0. The smallest absolute Gasteiger partial charge is 0.266 e. The number of amides is 1. The second-order valence-corrected chi connectivity index (χ2v) is 9.04. The molecule has 0 radical (unpaired) electrons. The summed E-state index contributed by atoms with van der Waals surface area (Å²) in [7, 11) is 1.98. The quantitative estimate of drug-likeness (QED) is 0.588. The number of thiazole rings is 1. The minimum Gasteiger partial charge on any atom is -0.454 e. The number of piperazine rings is 1. The first-order valence-electron chi connectivity index (χ1n) is 10.7. The molecule has 0 spiro atoms. The maximum absolute atomic E-state index is 13.2. The molecule has 5 rings (SSSR count). The van der Waals surface area contributed by atoms with Crippen LogP contribution in [0.25, 0.3) is 0 Å². The van der Waals surface area contributed by atoms with Gasteiger partial charge in [0.15, 0.2) is 16.6 Å². The van der Waals surface area contributed by atoms with E-state index in [-0.39, 0.29) is 5.91 Å². The number of aryl methyl sites for hydroxylation is 1. The summed E-state index contributed by atoms with van der Waals surface area (Å²) in [6, 6.07) is 16.2. The van der Waals surface area contributed by atoms with Crippen LogP contribution in [0.15, 0.2) is 48.5 Å². The summed E-state index contributed by atoms with van der Waals surface area (Å²) in [4.78, 5) is 25.0. The minimum atomic E-state index is 0.0791. The third kappa shape index (κ3) is 4.16. The fourth-order valence-corrected chi connectivity index (χ4v) is 5.05. The molecule has 7 nitrogen and oxygen atoms in total. The summed E-state index contributed by atoms with van der Waals surface area (Å²) in [5, 5.41) is 0.832. The lowest BCUT2D eigenvalue weighted by Gasteiger charge is -2.34. The van der Waals surface area contributed by atoms with Crippen molar-refractivity contribution in [1.82, 2.24) is 14.8 Å². The lowest BCUT2D eigenvalue weighted by molar-refractivity contribution is 0.0632. The summed E-state index contributed by atoms with van der Waals surface area (Å²) < 4.78 is 10.9. The number of aromatic nitrogens is 1. The maximum atomic E-state index is 13.2. The Bertz CT molecular complexity index is 1110. The third-order valence-electron chi connectivity index (χ3n) is 5.91. The molecule has 166 valence electrons. The van der Waals surface area contributed by atoms with Crippen molar-refractivity contribution in [3.63, 3.8) is 0 Å². The first kappa shape index (κ1) is 20.8. The molecule has 0 bridgehead atoms. The molecule has 1 saturated heterocycles. The van der Waals surface area contributed by atoms with Crippen molar-refractivity contribution >= 4 is 28.1 Å². The zero-order chi connectivity index (χ0) is 22.1. The van der Waals surface area contributed by atoms with Gasteiger partial charge in [0.2, 0.25) is 6.79 Å². The van der Waals surface area contributed by atoms with Crippen molar-refractivity contribution in [3.8, 4) is 11.5 Å². The number of carbonyl (C=O) groups excluding carboxylic acids is 1. The summed E-state index contributed by atoms with van der Waals surface area (Å²) >= 11 is 1.46. The van der Waals surface area contributed by atoms with E-state index in [2.05, 4.69) is 16.0 Å². The molecular formula is C24H26N4O3S. The second kappa shape index (κ2) is 8.80. The highest BCUT2D eigenvalue weighted by atomic mass is 32.1. The number of rotatable bonds is 5. The van der Waals surface area contributed by atoms with Gasteiger partial charge in [-0.15, -0.1) is 0 Å². The van der Waals surface area contributed by atoms with Crippen LogP contribution in [0, 0.1) is 6.92 Å². The third-order valence-corrected chi connectivity index (χ3v) is 7.13. The van der Waals surface area contributed by atoms with Gasteiger partial charge in [-0.2, -0.15) is 0 Å². The van der Waals surface area contributed by atoms with E-state index in [1.165, 1.54) is 16.9 Å². The molecule has 0 unspecified atom stereocenters. The van der Waals surface area contributed by atoms with E-state index in [0.717, 1.165) is 52.5 Å². The first-order valence-corrected chi connectivity index (χ1v) is 11.6. The van der Waals surface area contributed by atoms with Gasteiger partial charge in [-0.1, -0.05) is 35.6 Å². The van der Waals surface area contributed by atoms with Crippen LogP contribution < -0.4 is 14.4 Å². The van der Waals surface area contributed by atoms with Crippen LogP contribution in [-0.2, 0) is 6.54 Å². The zero-order valence-corrected chi connectivity index (χ0v) is 19.1. The highest BCUT2D eigenvalue weighted by Crippen LogP contribution is 2.33. The predicted molar refractivity (Wildman–Crippen MR) is 125 cm³/mol. The Kier molecular flexibility index (Phi) is 5.71. The van der Waals surface area contributed by atoms with Crippen LogP contribution in [0.3, 0.4) is 0 Å².